The van der Waals surface area contributed by atoms with Crippen LogP contribution in [0.5, 0.6) is 0 Å². The standard InChI is InChI=1S/C9H10BrNO3/c1-4-6(9(13)14)7(10)8(5(2)12)11(4)3/h1-3H3,(H,13,14). The van der Waals surface area contributed by atoms with Crippen LogP contribution >= 0.6 is 15.9 Å². The first-order valence-electron chi connectivity index (χ1n) is 3.97. The van der Waals surface area contributed by atoms with Crippen LogP contribution in [0.2, 0.25) is 0 Å². The molecule has 5 heteroatoms. The molecule has 0 aliphatic heterocycles. The summed E-state index contributed by atoms with van der Waals surface area (Å²) in [5.74, 6) is -1.19. The number of carboxylic acids is 1. The summed E-state index contributed by atoms with van der Waals surface area (Å²) in [4.78, 5) is 22.1. The van der Waals surface area contributed by atoms with Crippen molar-refractivity contribution < 1.29 is 14.7 Å². The fraction of sp³-hybridized carbons (Fsp3) is 0.333. The van der Waals surface area contributed by atoms with E-state index in [1.807, 2.05) is 0 Å². The van der Waals surface area contributed by atoms with Gasteiger partial charge in [0.05, 0.1) is 15.7 Å². The number of carboxylic acid groups (broad SMARTS) is 1. The second-order valence-corrected chi connectivity index (χ2v) is 3.84. The van der Waals surface area contributed by atoms with Gasteiger partial charge in [-0.15, -0.1) is 0 Å². The Hall–Kier alpha value is -1.10. The number of carbonyl (C=O) groups excluding carboxylic acids is 1. The van der Waals surface area contributed by atoms with Crippen LogP contribution in [0.3, 0.4) is 0 Å². The maximum absolute atomic E-state index is 11.2. The number of Topliss-reactive ketones (excluding diaryl/α,β-unsaturated/α-hetero) is 1. The van der Waals surface area contributed by atoms with Gasteiger partial charge in [-0.05, 0) is 22.9 Å². The van der Waals surface area contributed by atoms with Gasteiger partial charge < -0.3 is 9.67 Å². The van der Waals surface area contributed by atoms with Crippen LogP contribution in [0.1, 0.15) is 33.5 Å². The summed E-state index contributed by atoms with van der Waals surface area (Å²) >= 11 is 3.13. The molecular formula is C9H10BrNO3. The van der Waals surface area contributed by atoms with Crippen molar-refractivity contribution >= 4 is 27.7 Å². The molecule has 0 amide bonds. The van der Waals surface area contributed by atoms with Crippen molar-refractivity contribution in [2.45, 2.75) is 13.8 Å². The van der Waals surface area contributed by atoms with Gasteiger partial charge in [-0.3, -0.25) is 4.79 Å². The number of ketones is 1. The molecule has 0 bridgehead atoms. The maximum atomic E-state index is 11.2. The van der Waals surface area contributed by atoms with E-state index in [-0.39, 0.29) is 11.3 Å². The van der Waals surface area contributed by atoms with Gasteiger partial charge in [-0.1, -0.05) is 0 Å². The molecule has 0 saturated carbocycles. The normalized spacial score (nSPS) is 10.3. The Bertz CT molecular complexity index is 383. The van der Waals surface area contributed by atoms with E-state index in [0.717, 1.165) is 0 Å². The van der Waals surface area contributed by atoms with E-state index in [0.29, 0.717) is 15.9 Å². The lowest BCUT2D eigenvalue weighted by Crippen LogP contribution is -2.03. The Labute approximate surface area is 89.7 Å². The van der Waals surface area contributed by atoms with Gasteiger partial charge in [-0.2, -0.15) is 0 Å². The zero-order valence-corrected chi connectivity index (χ0v) is 9.67. The third-order valence-corrected chi connectivity index (χ3v) is 2.95. The third kappa shape index (κ3) is 1.48. The van der Waals surface area contributed by atoms with E-state index in [9.17, 15) is 9.59 Å². The van der Waals surface area contributed by atoms with Crippen LogP contribution in [0.15, 0.2) is 4.47 Å². The Morgan fingerprint density at radius 3 is 2.14 bits per heavy atom. The van der Waals surface area contributed by atoms with Crippen molar-refractivity contribution in [1.82, 2.24) is 4.57 Å². The molecule has 14 heavy (non-hydrogen) atoms. The van der Waals surface area contributed by atoms with Crippen molar-refractivity contribution in [3.63, 3.8) is 0 Å². The van der Waals surface area contributed by atoms with E-state index >= 15 is 0 Å². The summed E-state index contributed by atoms with van der Waals surface area (Å²) in [7, 11) is 1.67. The number of carbonyl (C=O) groups is 2. The molecule has 1 N–H and O–H groups in total. The van der Waals surface area contributed by atoms with Crippen molar-refractivity contribution in [2.75, 3.05) is 0 Å². The van der Waals surface area contributed by atoms with E-state index in [1.165, 1.54) is 6.92 Å². The molecule has 0 fully saturated rings. The lowest BCUT2D eigenvalue weighted by Gasteiger charge is -2.00. The first kappa shape index (κ1) is 11.0. The number of hydrogen-bond donors (Lipinski definition) is 1. The lowest BCUT2D eigenvalue weighted by atomic mass is 10.2. The minimum atomic E-state index is -1.03. The van der Waals surface area contributed by atoms with Crippen LogP contribution in [0, 0.1) is 6.92 Å². The van der Waals surface area contributed by atoms with Crippen LogP contribution in [0.25, 0.3) is 0 Å². The van der Waals surface area contributed by atoms with Crippen molar-refractivity contribution in [3.05, 3.63) is 21.4 Å². The van der Waals surface area contributed by atoms with E-state index in [2.05, 4.69) is 15.9 Å². The average Bonchev–Trinajstić information content (AvgIpc) is 2.23. The van der Waals surface area contributed by atoms with E-state index < -0.39 is 5.97 Å². The molecule has 0 spiro atoms. The molecule has 1 aromatic rings. The molecule has 1 heterocycles. The summed E-state index contributed by atoms with van der Waals surface area (Å²) in [5, 5.41) is 8.91. The molecule has 4 nitrogen and oxygen atoms in total. The molecule has 0 saturated heterocycles. The minimum Gasteiger partial charge on any atom is -0.478 e. The Morgan fingerprint density at radius 1 is 1.43 bits per heavy atom. The average molecular weight is 260 g/mol. The molecule has 76 valence electrons. The molecule has 0 radical (unpaired) electrons. The van der Waals surface area contributed by atoms with Gasteiger partial charge in [0.2, 0.25) is 0 Å². The highest BCUT2D eigenvalue weighted by atomic mass is 79.9. The summed E-state index contributed by atoms with van der Waals surface area (Å²) in [6.45, 7) is 3.08. The van der Waals surface area contributed by atoms with Crippen LogP contribution in [0.4, 0.5) is 0 Å². The van der Waals surface area contributed by atoms with Crippen molar-refractivity contribution in [2.24, 2.45) is 7.05 Å². The molecule has 1 rings (SSSR count). The first-order valence-corrected chi connectivity index (χ1v) is 4.76. The zero-order chi connectivity index (χ0) is 11.0. The monoisotopic (exact) mass is 259 g/mol. The van der Waals surface area contributed by atoms with Gasteiger partial charge >= 0.3 is 5.97 Å². The second kappa shape index (κ2) is 3.57. The zero-order valence-electron chi connectivity index (χ0n) is 8.09. The van der Waals surface area contributed by atoms with E-state index in [4.69, 9.17) is 5.11 Å². The smallest absolute Gasteiger partial charge is 0.338 e. The SMILES string of the molecule is CC(=O)c1c(Br)c(C(=O)O)c(C)n1C. The number of nitrogens with zero attached hydrogens (tertiary/aromatic N) is 1. The van der Waals surface area contributed by atoms with Crippen molar-refractivity contribution in [1.29, 1.82) is 0 Å². The molecule has 0 aromatic carbocycles. The minimum absolute atomic E-state index is 0.151. The maximum Gasteiger partial charge on any atom is 0.338 e. The third-order valence-electron chi connectivity index (χ3n) is 2.18. The fourth-order valence-electron chi connectivity index (χ4n) is 1.40. The number of aromatic carboxylic acids is 1. The van der Waals surface area contributed by atoms with Crippen LogP contribution in [-0.2, 0) is 7.05 Å². The van der Waals surface area contributed by atoms with Gasteiger partial charge in [0, 0.05) is 19.7 Å². The fourth-order valence-corrected chi connectivity index (χ4v) is 2.40. The van der Waals surface area contributed by atoms with Gasteiger partial charge in [0.1, 0.15) is 0 Å². The molecule has 0 aliphatic rings. The number of halogens is 1. The highest BCUT2D eigenvalue weighted by Gasteiger charge is 2.23. The Balaban J connectivity index is 3.57. The highest BCUT2D eigenvalue weighted by molar-refractivity contribution is 9.10. The summed E-state index contributed by atoms with van der Waals surface area (Å²) in [5.41, 5.74) is 1.10. The van der Waals surface area contributed by atoms with Crippen LogP contribution in [-0.4, -0.2) is 21.4 Å². The highest BCUT2D eigenvalue weighted by Crippen LogP contribution is 2.27. The van der Waals surface area contributed by atoms with Gasteiger partial charge in [0.15, 0.2) is 5.78 Å². The van der Waals surface area contributed by atoms with Crippen LogP contribution < -0.4 is 0 Å². The van der Waals surface area contributed by atoms with E-state index in [1.54, 1.807) is 18.5 Å². The predicted molar refractivity (Wildman–Crippen MR) is 54.8 cm³/mol. The molecule has 0 atom stereocenters. The largest absolute Gasteiger partial charge is 0.478 e. The van der Waals surface area contributed by atoms with Gasteiger partial charge in [-0.25, -0.2) is 4.79 Å². The quantitative estimate of drug-likeness (QED) is 0.827. The summed E-state index contributed by atoms with van der Waals surface area (Å²) in [6.07, 6.45) is 0. The lowest BCUT2D eigenvalue weighted by molar-refractivity contribution is 0.0695. The molecule has 0 aliphatic carbocycles. The number of hydrogen-bond acceptors (Lipinski definition) is 2. The topological polar surface area (TPSA) is 59.3 Å². The molecule has 1 aromatic heterocycles. The number of rotatable bonds is 2. The predicted octanol–water partition coefficient (Wildman–Crippen LogP) is 2.00. The first-order chi connectivity index (χ1) is 6.37. The molecule has 0 unspecified atom stereocenters. The number of aromatic nitrogens is 1. The van der Waals surface area contributed by atoms with Gasteiger partial charge in [0.25, 0.3) is 0 Å². The Morgan fingerprint density at radius 2 is 1.93 bits per heavy atom. The molecular weight excluding hydrogens is 250 g/mol. The Kier molecular flexibility index (Phi) is 2.80. The second-order valence-electron chi connectivity index (χ2n) is 3.04. The van der Waals surface area contributed by atoms with Crippen molar-refractivity contribution in [3.8, 4) is 0 Å². The summed E-state index contributed by atoms with van der Waals surface area (Å²) < 4.78 is 1.94. The summed E-state index contributed by atoms with van der Waals surface area (Å²) in [6, 6.07) is 0.